The van der Waals surface area contributed by atoms with Crippen molar-refractivity contribution in [2.45, 2.75) is 18.0 Å². The molecule has 7 heteroatoms. The highest BCUT2D eigenvalue weighted by Crippen LogP contribution is 2.12. The van der Waals surface area contributed by atoms with Crippen LogP contribution in [-0.4, -0.2) is 23.3 Å². The van der Waals surface area contributed by atoms with Crippen molar-refractivity contribution in [1.29, 1.82) is 0 Å². The van der Waals surface area contributed by atoms with Crippen LogP contribution in [0.3, 0.4) is 0 Å². The lowest BCUT2D eigenvalue weighted by molar-refractivity contribution is 0.281. The Morgan fingerprint density at radius 3 is 2.79 bits per heavy atom. The van der Waals surface area contributed by atoms with E-state index >= 15 is 0 Å². The van der Waals surface area contributed by atoms with Gasteiger partial charge in [-0.15, -0.1) is 0 Å². The molecule has 0 atom stereocenters. The fourth-order valence-corrected chi connectivity index (χ4v) is 2.72. The maximum Gasteiger partial charge on any atom is 0.240 e. The van der Waals surface area contributed by atoms with Crippen molar-refractivity contribution in [2.75, 3.05) is 0 Å². The molecular weight excluding hydrogens is 266 g/mol. The van der Waals surface area contributed by atoms with E-state index in [0.717, 1.165) is 5.56 Å². The average Bonchev–Trinajstić information content (AvgIpc) is 2.82. The van der Waals surface area contributed by atoms with Gasteiger partial charge in [0, 0.05) is 25.4 Å². The highest BCUT2D eigenvalue weighted by Gasteiger charge is 2.14. The van der Waals surface area contributed by atoms with Gasteiger partial charge >= 0.3 is 0 Å². The maximum atomic E-state index is 12.1. The summed E-state index contributed by atoms with van der Waals surface area (Å²) >= 11 is 0. The standard InChI is InChI=1S/C12H15N3O3S/c1-15-8-11(6-13-15)7-14-19(17,18)12-4-2-3-10(5-12)9-16/h2-6,8,14,16H,7,9H2,1H3. The van der Waals surface area contributed by atoms with Gasteiger partial charge in [-0.25, -0.2) is 13.1 Å². The number of hydrogen-bond acceptors (Lipinski definition) is 4. The van der Waals surface area contributed by atoms with Crippen LogP contribution in [0.25, 0.3) is 0 Å². The minimum absolute atomic E-state index is 0.142. The zero-order chi connectivity index (χ0) is 13.9. The first-order valence-corrected chi connectivity index (χ1v) is 7.16. The van der Waals surface area contributed by atoms with Crippen LogP contribution in [0, 0.1) is 0 Å². The summed E-state index contributed by atoms with van der Waals surface area (Å²) in [6.45, 7) is -0.00844. The Labute approximate surface area is 111 Å². The van der Waals surface area contributed by atoms with Crippen LogP contribution in [0.15, 0.2) is 41.6 Å². The van der Waals surface area contributed by atoms with Gasteiger partial charge in [0.15, 0.2) is 0 Å². The average molecular weight is 281 g/mol. The molecule has 0 spiro atoms. The first-order valence-electron chi connectivity index (χ1n) is 5.68. The van der Waals surface area contributed by atoms with Gasteiger partial charge in [0.2, 0.25) is 10.0 Å². The monoisotopic (exact) mass is 281 g/mol. The van der Waals surface area contributed by atoms with Gasteiger partial charge < -0.3 is 5.11 Å². The van der Waals surface area contributed by atoms with Crippen LogP contribution < -0.4 is 4.72 Å². The van der Waals surface area contributed by atoms with E-state index in [1.807, 2.05) is 0 Å². The highest BCUT2D eigenvalue weighted by atomic mass is 32.2. The minimum Gasteiger partial charge on any atom is -0.392 e. The quantitative estimate of drug-likeness (QED) is 0.830. The van der Waals surface area contributed by atoms with E-state index in [0.29, 0.717) is 5.56 Å². The molecule has 0 aliphatic heterocycles. The number of sulfonamides is 1. The Morgan fingerprint density at radius 1 is 1.37 bits per heavy atom. The smallest absolute Gasteiger partial charge is 0.240 e. The van der Waals surface area contributed by atoms with Gasteiger partial charge in [0.05, 0.1) is 17.7 Å². The number of nitrogens with zero attached hydrogens (tertiary/aromatic N) is 2. The molecule has 6 nitrogen and oxygen atoms in total. The first-order chi connectivity index (χ1) is 9.01. The summed E-state index contributed by atoms with van der Waals surface area (Å²) < 4.78 is 28.2. The predicted molar refractivity (Wildman–Crippen MR) is 69.6 cm³/mol. The summed E-state index contributed by atoms with van der Waals surface area (Å²) in [5, 5.41) is 13.0. The molecule has 2 rings (SSSR count). The van der Waals surface area contributed by atoms with Crippen LogP contribution in [0.2, 0.25) is 0 Å². The Bertz CT molecular complexity index is 664. The molecule has 102 valence electrons. The molecule has 2 N–H and O–H groups in total. The summed E-state index contributed by atoms with van der Waals surface area (Å²) in [7, 11) is -1.81. The third-order valence-electron chi connectivity index (χ3n) is 2.62. The van der Waals surface area contributed by atoms with Crippen molar-refractivity contribution in [3.63, 3.8) is 0 Å². The Balaban J connectivity index is 2.13. The molecule has 0 fully saturated rings. The molecule has 2 aromatic rings. The second-order valence-corrected chi connectivity index (χ2v) is 5.92. The van der Waals surface area contributed by atoms with Crippen LogP contribution in [0.4, 0.5) is 0 Å². The topological polar surface area (TPSA) is 84.2 Å². The van der Waals surface area contributed by atoms with Crippen molar-refractivity contribution in [2.24, 2.45) is 7.05 Å². The number of aryl methyl sites for hydroxylation is 1. The predicted octanol–water partition coefficient (Wildman–Crippen LogP) is 0.391. The van der Waals surface area contributed by atoms with E-state index in [9.17, 15) is 8.42 Å². The molecule has 1 aromatic carbocycles. The molecule has 0 unspecified atom stereocenters. The van der Waals surface area contributed by atoms with E-state index in [2.05, 4.69) is 9.82 Å². The third kappa shape index (κ3) is 3.40. The van der Waals surface area contributed by atoms with E-state index in [-0.39, 0.29) is 18.0 Å². The molecule has 0 saturated heterocycles. The lowest BCUT2D eigenvalue weighted by Crippen LogP contribution is -2.23. The van der Waals surface area contributed by atoms with Crippen LogP contribution >= 0.6 is 0 Å². The van der Waals surface area contributed by atoms with Gasteiger partial charge in [-0.3, -0.25) is 4.68 Å². The zero-order valence-corrected chi connectivity index (χ0v) is 11.3. The number of aromatic nitrogens is 2. The highest BCUT2D eigenvalue weighted by molar-refractivity contribution is 7.89. The summed E-state index contributed by atoms with van der Waals surface area (Å²) in [6.07, 6.45) is 3.35. The number of rotatable bonds is 5. The molecule has 19 heavy (non-hydrogen) atoms. The number of nitrogens with one attached hydrogen (secondary N) is 1. The van der Waals surface area contributed by atoms with Gasteiger partial charge in [0.1, 0.15) is 0 Å². The molecular formula is C12H15N3O3S. The van der Waals surface area contributed by atoms with Gasteiger partial charge in [-0.1, -0.05) is 12.1 Å². The summed E-state index contributed by atoms with van der Waals surface area (Å²) in [6, 6.07) is 6.21. The van der Waals surface area contributed by atoms with E-state index in [1.165, 1.54) is 12.1 Å². The number of benzene rings is 1. The van der Waals surface area contributed by atoms with Crippen molar-refractivity contribution >= 4 is 10.0 Å². The van der Waals surface area contributed by atoms with E-state index in [4.69, 9.17) is 5.11 Å². The number of hydrogen-bond donors (Lipinski definition) is 2. The first kappa shape index (κ1) is 13.7. The summed E-state index contributed by atoms with van der Waals surface area (Å²) in [5.74, 6) is 0. The van der Waals surface area contributed by atoms with Crippen molar-refractivity contribution in [3.8, 4) is 0 Å². The van der Waals surface area contributed by atoms with E-state index in [1.54, 1.807) is 36.3 Å². The third-order valence-corrected chi connectivity index (χ3v) is 4.01. The van der Waals surface area contributed by atoms with Gasteiger partial charge in [-0.05, 0) is 17.7 Å². The van der Waals surface area contributed by atoms with Gasteiger partial charge in [0.25, 0.3) is 0 Å². The fraction of sp³-hybridized carbons (Fsp3) is 0.250. The molecule has 0 bridgehead atoms. The molecule has 0 amide bonds. The van der Waals surface area contributed by atoms with Crippen LogP contribution in [-0.2, 0) is 30.2 Å². The van der Waals surface area contributed by atoms with Crippen LogP contribution in [0.5, 0.6) is 0 Å². The summed E-state index contributed by atoms with van der Waals surface area (Å²) in [4.78, 5) is 0.142. The number of aliphatic hydroxyl groups is 1. The Morgan fingerprint density at radius 2 is 2.16 bits per heavy atom. The molecule has 1 aromatic heterocycles. The lowest BCUT2D eigenvalue weighted by atomic mass is 10.2. The normalized spacial score (nSPS) is 11.7. The SMILES string of the molecule is Cn1cc(CNS(=O)(=O)c2cccc(CO)c2)cn1. The van der Waals surface area contributed by atoms with E-state index < -0.39 is 10.0 Å². The Hall–Kier alpha value is -1.70. The molecule has 0 aliphatic rings. The lowest BCUT2D eigenvalue weighted by Gasteiger charge is -2.06. The van der Waals surface area contributed by atoms with Crippen molar-refractivity contribution < 1.29 is 13.5 Å². The number of aliphatic hydroxyl groups excluding tert-OH is 1. The fourth-order valence-electron chi connectivity index (χ4n) is 1.64. The zero-order valence-electron chi connectivity index (χ0n) is 10.4. The minimum atomic E-state index is -3.58. The largest absolute Gasteiger partial charge is 0.392 e. The maximum absolute atomic E-state index is 12.1. The molecule has 0 aliphatic carbocycles. The second-order valence-electron chi connectivity index (χ2n) is 4.15. The van der Waals surface area contributed by atoms with Gasteiger partial charge in [-0.2, -0.15) is 5.10 Å². The molecule has 0 saturated carbocycles. The second kappa shape index (κ2) is 5.52. The molecule has 0 radical (unpaired) electrons. The van der Waals surface area contributed by atoms with Crippen LogP contribution in [0.1, 0.15) is 11.1 Å². The summed E-state index contributed by atoms with van der Waals surface area (Å²) in [5.41, 5.74) is 1.34. The molecule has 1 heterocycles. The van der Waals surface area contributed by atoms with Crippen molar-refractivity contribution in [3.05, 3.63) is 47.8 Å². The Kier molecular flexibility index (Phi) is 3.98. The van der Waals surface area contributed by atoms with Crippen molar-refractivity contribution in [1.82, 2.24) is 14.5 Å².